The van der Waals surface area contributed by atoms with Gasteiger partial charge in [0.15, 0.2) is 0 Å². The van der Waals surface area contributed by atoms with Crippen molar-refractivity contribution < 1.29 is 18.3 Å². The Kier molecular flexibility index (Phi) is 6.41. The summed E-state index contributed by atoms with van der Waals surface area (Å²) in [6.07, 6.45) is 3.43. The second-order valence-corrected chi connectivity index (χ2v) is 9.97. The number of carbonyl (C=O) groups is 1. The molecule has 1 saturated heterocycles. The van der Waals surface area contributed by atoms with Gasteiger partial charge in [0, 0.05) is 37.1 Å². The summed E-state index contributed by atoms with van der Waals surface area (Å²) in [6, 6.07) is 2.54. The summed E-state index contributed by atoms with van der Waals surface area (Å²) in [5.74, 6) is 0.482. The molecule has 0 atom stereocenters. The summed E-state index contributed by atoms with van der Waals surface area (Å²) in [5.41, 5.74) is 0.963. The van der Waals surface area contributed by atoms with Crippen molar-refractivity contribution in [3.05, 3.63) is 16.6 Å². The van der Waals surface area contributed by atoms with Crippen molar-refractivity contribution in [3.63, 3.8) is 0 Å². The Bertz CT molecular complexity index is 883. The SMILES string of the molecule is Cc1nn(CC(C)C)c2sc(C(=O)NC3CCC(N4CC(OC(F)F)C4)CC3)cc12. The van der Waals surface area contributed by atoms with E-state index in [-0.39, 0.29) is 18.1 Å². The van der Waals surface area contributed by atoms with Crippen molar-refractivity contribution in [1.82, 2.24) is 20.0 Å². The number of thiophene rings is 1. The van der Waals surface area contributed by atoms with Crippen LogP contribution in [-0.2, 0) is 11.3 Å². The van der Waals surface area contributed by atoms with Crippen LogP contribution in [0, 0.1) is 12.8 Å². The molecule has 3 heterocycles. The number of alkyl halides is 2. The maximum Gasteiger partial charge on any atom is 0.345 e. The average Bonchev–Trinajstić information content (AvgIpc) is 3.20. The van der Waals surface area contributed by atoms with E-state index in [4.69, 9.17) is 0 Å². The summed E-state index contributed by atoms with van der Waals surface area (Å²) in [7, 11) is 0. The highest BCUT2D eigenvalue weighted by Crippen LogP contribution is 2.31. The molecule has 166 valence electrons. The Hall–Kier alpha value is -1.58. The molecule has 4 rings (SSSR count). The van der Waals surface area contributed by atoms with Crippen molar-refractivity contribution in [3.8, 4) is 0 Å². The molecular weight excluding hydrogens is 410 g/mol. The summed E-state index contributed by atoms with van der Waals surface area (Å²) < 4.78 is 31.1. The molecule has 0 aromatic carbocycles. The lowest BCUT2D eigenvalue weighted by Crippen LogP contribution is -2.58. The third-order valence-corrected chi connectivity index (χ3v) is 7.24. The second kappa shape index (κ2) is 8.88. The Morgan fingerprint density at radius 2 is 2.00 bits per heavy atom. The first kappa shape index (κ1) is 21.6. The van der Waals surface area contributed by atoms with Gasteiger partial charge in [-0.25, -0.2) is 0 Å². The Morgan fingerprint density at radius 3 is 2.63 bits per heavy atom. The number of aromatic nitrogens is 2. The minimum Gasteiger partial charge on any atom is -0.349 e. The van der Waals surface area contributed by atoms with E-state index in [1.807, 2.05) is 17.7 Å². The van der Waals surface area contributed by atoms with Crippen LogP contribution < -0.4 is 5.32 Å². The first-order valence-electron chi connectivity index (χ1n) is 10.8. The van der Waals surface area contributed by atoms with Gasteiger partial charge in [0.25, 0.3) is 5.91 Å². The van der Waals surface area contributed by atoms with Gasteiger partial charge in [-0.05, 0) is 44.6 Å². The van der Waals surface area contributed by atoms with Crippen LogP contribution in [0.3, 0.4) is 0 Å². The van der Waals surface area contributed by atoms with Crippen molar-refractivity contribution in [1.29, 1.82) is 0 Å². The highest BCUT2D eigenvalue weighted by atomic mass is 32.1. The fraction of sp³-hybridized carbons (Fsp3) is 0.714. The zero-order valence-electron chi connectivity index (χ0n) is 17.7. The van der Waals surface area contributed by atoms with Gasteiger partial charge in [-0.1, -0.05) is 13.8 Å². The number of hydrogen-bond acceptors (Lipinski definition) is 5. The topological polar surface area (TPSA) is 59.4 Å². The monoisotopic (exact) mass is 440 g/mol. The number of ether oxygens (including phenoxy) is 1. The first-order chi connectivity index (χ1) is 14.3. The maximum atomic E-state index is 12.8. The summed E-state index contributed by atoms with van der Waals surface area (Å²) in [4.78, 5) is 16.8. The first-order valence-corrected chi connectivity index (χ1v) is 11.6. The smallest absolute Gasteiger partial charge is 0.345 e. The molecule has 0 radical (unpaired) electrons. The minimum absolute atomic E-state index is 0.00973. The molecule has 1 amide bonds. The van der Waals surface area contributed by atoms with Crippen molar-refractivity contribution >= 4 is 27.5 Å². The number of amides is 1. The van der Waals surface area contributed by atoms with Crippen molar-refractivity contribution in [2.75, 3.05) is 13.1 Å². The third-order valence-electron chi connectivity index (χ3n) is 6.09. The molecule has 30 heavy (non-hydrogen) atoms. The van der Waals surface area contributed by atoms with E-state index < -0.39 is 6.61 Å². The Balaban J connectivity index is 1.29. The van der Waals surface area contributed by atoms with Crippen LogP contribution in [0.25, 0.3) is 10.2 Å². The van der Waals surface area contributed by atoms with E-state index in [1.54, 1.807) is 0 Å². The predicted molar refractivity (Wildman–Crippen MR) is 113 cm³/mol. The molecule has 1 aliphatic carbocycles. The quantitative estimate of drug-likeness (QED) is 0.706. The number of nitrogens with one attached hydrogen (secondary N) is 1. The number of fused-ring (bicyclic) bond motifs is 1. The van der Waals surface area contributed by atoms with Gasteiger partial charge in [-0.3, -0.25) is 14.4 Å². The number of carbonyl (C=O) groups excluding carboxylic acids is 1. The standard InChI is InChI=1S/C21H30F2N4O2S/c1-12(2)9-27-20-17(13(3)25-27)8-18(30-20)19(28)24-14-4-6-15(7-5-14)26-10-16(11-26)29-21(22)23/h8,12,14-16,21H,4-7,9-11H2,1-3H3,(H,24,28). The lowest BCUT2D eigenvalue weighted by molar-refractivity contribution is -0.201. The molecule has 6 nitrogen and oxygen atoms in total. The van der Waals surface area contributed by atoms with E-state index >= 15 is 0 Å². The summed E-state index contributed by atoms with van der Waals surface area (Å²) in [5, 5.41) is 8.86. The molecule has 0 spiro atoms. The van der Waals surface area contributed by atoms with E-state index in [1.165, 1.54) is 11.3 Å². The molecule has 2 aromatic heterocycles. The highest BCUT2D eigenvalue weighted by Gasteiger charge is 2.36. The lowest BCUT2D eigenvalue weighted by Gasteiger charge is -2.46. The average molecular weight is 441 g/mol. The van der Waals surface area contributed by atoms with Crippen LogP contribution in [0.4, 0.5) is 8.78 Å². The predicted octanol–water partition coefficient (Wildman–Crippen LogP) is 4.03. The fourth-order valence-corrected chi connectivity index (χ4v) is 5.61. The largest absolute Gasteiger partial charge is 0.349 e. The van der Waals surface area contributed by atoms with E-state index in [0.29, 0.717) is 25.0 Å². The molecule has 1 aliphatic heterocycles. The van der Waals surface area contributed by atoms with Gasteiger partial charge < -0.3 is 10.1 Å². The van der Waals surface area contributed by atoms with Crippen LogP contribution in [0.2, 0.25) is 0 Å². The van der Waals surface area contributed by atoms with Gasteiger partial charge in [0.05, 0.1) is 16.7 Å². The van der Waals surface area contributed by atoms with Gasteiger partial charge in [0.1, 0.15) is 4.83 Å². The Morgan fingerprint density at radius 1 is 1.30 bits per heavy atom. The molecule has 2 aliphatic rings. The van der Waals surface area contributed by atoms with Crippen molar-refractivity contribution in [2.24, 2.45) is 5.92 Å². The zero-order chi connectivity index (χ0) is 21.4. The van der Waals surface area contributed by atoms with Crippen LogP contribution in [-0.4, -0.2) is 58.5 Å². The molecule has 9 heteroatoms. The fourth-order valence-electron chi connectivity index (χ4n) is 4.54. The molecule has 1 N–H and O–H groups in total. The summed E-state index contributed by atoms with van der Waals surface area (Å²) >= 11 is 1.51. The van der Waals surface area contributed by atoms with Gasteiger partial charge in [-0.2, -0.15) is 13.9 Å². The maximum absolute atomic E-state index is 12.8. The molecule has 0 unspecified atom stereocenters. The van der Waals surface area contributed by atoms with E-state index in [0.717, 1.165) is 53.0 Å². The van der Waals surface area contributed by atoms with Crippen LogP contribution >= 0.6 is 11.3 Å². The molecule has 1 saturated carbocycles. The molecule has 0 bridgehead atoms. The van der Waals surface area contributed by atoms with Crippen molar-refractivity contribution in [2.45, 2.75) is 77.8 Å². The van der Waals surface area contributed by atoms with Gasteiger partial charge in [-0.15, -0.1) is 11.3 Å². The van der Waals surface area contributed by atoms with Gasteiger partial charge >= 0.3 is 6.61 Å². The Labute approximate surface area is 179 Å². The number of aryl methyl sites for hydroxylation is 1. The number of halogens is 2. The summed E-state index contributed by atoms with van der Waals surface area (Å²) in [6.45, 7) is 5.63. The normalized spacial score (nSPS) is 23.4. The third kappa shape index (κ3) is 4.68. The van der Waals surface area contributed by atoms with Crippen LogP contribution in [0.15, 0.2) is 6.07 Å². The molecular formula is C21H30F2N4O2S. The lowest BCUT2D eigenvalue weighted by atomic mass is 9.88. The van der Waals surface area contributed by atoms with Gasteiger partial charge in [0.2, 0.25) is 0 Å². The van der Waals surface area contributed by atoms with Crippen LogP contribution in [0.5, 0.6) is 0 Å². The van der Waals surface area contributed by atoms with E-state index in [2.05, 4.69) is 33.9 Å². The molecule has 2 fully saturated rings. The number of rotatable bonds is 7. The second-order valence-electron chi connectivity index (χ2n) is 8.94. The van der Waals surface area contributed by atoms with Crippen LogP contribution in [0.1, 0.15) is 54.9 Å². The highest BCUT2D eigenvalue weighted by molar-refractivity contribution is 7.20. The number of likely N-dealkylation sites (tertiary alicyclic amines) is 1. The van der Waals surface area contributed by atoms with E-state index in [9.17, 15) is 13.6 Å². The zero-order valence-corrected chi connectivity index (χ0v) is 18.6. The minimum atomic E-state index is -2.69. The number of nitrogens with zero attached hydrogens (tertiary/aromatic N) is 3. The molecule has 2 aromatic rings. The number of hydrogen-bond donors (Lipinski definition) is 1.